The largest absolute Gasteiger partial charge is 0.486 e. The van der Waals surface area contributed by atoms with Gasteiger partial charge in [-0.15, -0.1) is 0 Å². The fraction of sp³-hybridized carbons (Fsp3) is 0.208. The number of nitrogens with one attached hydrogen (secondary N) is 1. The van der Waals surface area contributed by atoms with E-state index in [4.69, 9.17) is 18.9 Å². The van der Waals surface area contributed by atoms with Crippen LogP contribution in [0.4, 0.5) is 5.69 Å². The molecule has 0 aliphatic carbocycles. The van der Waals surface area contributed by atoms with Gasteiger partial charge in [-0.1, -0.05) is 36.0 Å². The number of rotatable bonds is 5. The Bertz CT molecular complexity index is 1100. The summed E-state index contributed by atoms with van der Waals surface area (Å²) in [7, 11) is 0. The zero-order valence-electron chi connectivity index (χ0n) is 16.8. The van der Waals surface area contributed by atoms with Crippen LogP contribution in [0.15, 0.2) is 70.5 Å². The topological polar surface area (TPSA) is 66.0 Å². The number of hydrogen-bond donors (Lipinski definition) is 1. The van der Waals surface area contributed by atoms with Crippen molar-refractivity contribution in [3.63, 3.8) is 0 Å². The van der Waals surface area contributed by atoms with Gasteiger partial charge >= 0.3 is 0 Å². The highest BCUT2D eigenvalue weighted by molar-refractivity contribution is 7.99. The molecule has 0 saturated carbocycles. The fourth-order valence-electron chi connectivity index (χ4n) is 3.45. The molecular weight excluding hydrogens is 414 g/mol. The number of carbonyl (C=O) groups excluding carboxylic acids is 1. The van der Waals surface area contributed by atoms with E-state index in [0.717, 1.165) is 15.4 Å². The highest BCUT2D eigenvalue weighted by Crippen LogP contribution is 2.42. The minimum atomic E-state index is -0.122. The van der Waals surface area contributed by atoms with Gasteiger partial charge in [0.15, 0.2) is 23.0 Å². The molecule has 2 aliphatic rings. The Balaban J connectivity index is 1.37. The maximum Gasteiger partial charge on any atom is 0.228 e. The smallest absolute Gasteiger partial charge is 0.228 e. The zero-order valence-corrected chi connectivity index (χ0v) is 17.6. The maximum absolute atomic E-state index is 12.9. The summed E-state index contributed by atoms with van der Waals surface area (Å²) in [5.41, 5.74) is 1.55. The molecule has 0 saturated heterocycles. The summed E-state index contributed by atoms with van der Waals surface area (Å²) < 4.78 is 22.6. The van der Waals surface area contributed by atoms with Crippen LogP contribution < -0.4 is 24.3 Å². The van der Waals surface area contributed by atoms with Crippen LogP contribution in [-0.2, 0) is 11.2 Å². The summed E-state index contributed by atoms with van der Waals surface area (Å²) in [4.78, 5) is 14.8. The molecule has 0 atom stereocenters. The molecule has 1 N–H and O–H groups in total. The Kier molecular flexibility index (Phi) is 5.58. The summed E-state index contributed by atoms with van der Waals surface area (Å²) >= 11 is 1.57. The van der Waals surface area contributed by atoms with Crippen LogP contribution in [0.5, 0.6) is 23.0 Å². The first-order valence-electron chi connectivity index (χ1n) is 10.1. The highest BCUT2D eigenvalue weighted by Gasteiger charge is 2.19. The summed E-state index contributed by atoms with van der Waals surface area (Å²) in [6.45, 7) is 2.06. The van der Waals surface area contributed by atoms with Crippen LogP contribution in [-0.4, -0.2) is 32.3 Å². The summed E-state index contributed by atoms with van der Waals surface area (Å²) in [5, 5.41) is 3.04. The van der Waals surface area contributed by atoms with E-state index in [1.165, 1.54) is 0 Å². The Morgan fingerprint density at radius 1 is 0.774 bits per heavy atom. The molecule has 6 nitrogen and oxygen atoms in total. The Labute approximate surface area is 184 Å². The van der Waals surface area contributed by atoms with Crippen molar-refractivity contribution in [1.29, 1.82) is 0 Å². The van der Waals surface area contributed by atoms with Gasteiger partial charge in [0.1, 0.15) is 26.4 Å². The molecule has 0 radical (unpaired) electrons. The van der Waals surface area contributed by atoms with E-state index in [1.54, 1.807) is 11.8 Å². The van der Waals surface area contributed by atoms with Crippen molar-refractivity contribution >= 4 is 23.4 Å². The molecule has 2 heterocycles. The van der Waals surface area contributed by atoms with Crippen molar-refractivity contribution in [2.45, 2.75) is 16.2 Å². The molecule has 1 amide bonds. The van der Waals surface area contributed by atoms with Crippen molar-refractivity contribution in [3.05, 3.63) is 66.2 Å². The lowest BCUT2D eigenvalue weighted by atomic mass is 10.1. The van der Waals surface area contributed by atoms with Gasteiger partial charge < -0.3 is 24.3 Å². The molecule has 7 heteroatoms. The molecule has 0 bridgehead atoms. The van der Waals surface area contributed by atoms with Crippen LogP contribution in [0.2, 0.25) is 0 Å². The van der Waals surface area contributed by atoms with Crippen molar-refractivity contribution in [2.24, 2.45) is 0 Å². The van der Waals surface area contributed by atoms with Crippen molar-refractivity contribution in [3.8, 4) is 23.0 Å². The van der Waals surface area contributed by atoms with E-state index in [-0.39, 0.29) is 12.3 Å². The molecule has 0 unspecified atom stereocenters. The SMILES string of the molecule is O=C(Cc1ccc2c(c1)OCCO2)Nc1cc2c(cc1Sc1ccccc1)OCCO2. The summed E-state index contributed by atoms with van der Waals surface area (Å²) in [5.74, 6) is 2.59. The average molecular weight is 436 g/mol. The van der Waals surface area contributed by atoms with Crippen LogP contribution in [0.25, 0.3) is 0 Å². The van der Waals surface area contributed by atoms with Gasteiger partial charge in [0.25, 0.3) is 0 Å². The van der Waals surface area contributed by atoms with E-state index in [2.05, 4.69) is 5.32 Å². The van der Waals surface area contributed by atoms with Crippen LogP contribution in [0.3, 0.4) is 0 Å². The third kappa shape index (κ3) is 4.56. The normalized spacial score (nSPS) is 14.1. The first-order valence-corrected chi connectivity index (χ1v) is 10.9. The van der Waals surface area contributed by atoms with Crippen LogP contribution in [0.1, 0.15) is 5.56 Å². The first kappa shape index (κ1) is 19.6. The predicted molar refractivity (Wildman–Crippen MR) is 118 cm³/mol. The van der Waals surface area contributed by atoms with Gasteiger partial charge in [0, 0.05) is 21.9 Å². The van der Waals surface area contributed by atoms with Gasteiger partial charge in [0.2, 0.25) is 5.91 Å². The minimum Gasteiger partial charge on any atom is -0.486 e. The van der Waals surface area contributed by atoms with E-state index >= 15 is 0 Å². The number of benzene rings is 3. The van der Waals surface area contributed by atoms with Gasteiger partial charge in [-0.25, -0.2) is 0 Å². The monoisotopic (exact) mass is 435 g/mol. The fourth-order valence-corrected chi connectivity index (χ4v) is 4.38. The standard InChI is InChI=1S/C24H21NO5S/c26-24(13-16-6-7-19-20(12-16)28-9-8-27-19)25-18-14-21-22(30-11-10-29-21)15-23(18)31-17-4-2-1-3-5-17/h1-7,12,14-15H,8-11,13H2,(H,25,26). The summed E-state index contributed by atoms with van der Waals surface area (Å²) in [6, 6.07) is 19.4. The van der Waals surface area contributed by atoms with Crippen LogP contribution in [0, 0.1) is 0 Å². The molecule has 0 fully saturated rings. The van der Waals surface area contributed by atoms with E-state index in [9.17, 15) is 4.79 Å². The molecular formula is C24H21NO5S. The lowest BCUT2D eigenvalue weighted by molar-refractivity contribution is -0.115. The number of amides is 1. The van der Waals surface area contributed by atoms with Crippen molar-refractivity contribution in [2.75, 3.05) is 31.7 Å². The van der Waals surface area contributed by atoms with E-state index in [1.807, 2.05) is 60.7 Å². The van der Waals surface area contributed by atoms with Gasteiger partial charge in [-0.05, 0) is 29.8 Å². The lowest BCUT2D eigenvalue weighted by Crippen LogP contribution is -2.18. The number of ether oxygens (including phenoxy) is 4. The first-order chi connectivity index (χ1) is 15.2. The lowest BCUT2D eigenvalue weighted by Gasteiger charge is -2.21. The molecule has 31 heavy (non-hydrogen) atoms. The van der Waals surface area contributed by atoms with Crippen molar-refractivity contribution in [1.82, 2.24) is 0 Å². The van der Waals surface area contributed by atoms with Gasteiger partial charge in [-0.3, -0.25) is 4.79 Å². The quantitative estimate of drug-likeness (QED) is 0.634. The average Bonchev–Trinajstić information content (AvgIpc) is 2.80. The second-order valence-electron chi connectivity index (χ2n) is 7.11. The Hall–Kier alpha value is -3.32. The van der Waals surface area contributed by atoms with Crippen LogP contribution >= 0.6 is 11.8 Å². The summed E-state index contributed by atoms with van der Waals surface area (Å²) in [6.07, 6.45) is 0.223. The van der Waals surface area contributed by atoms with Crippen molar-refractivity contribution < 1.29 is 23.7 Å². The second kappa shape index (κ2) is 8.81. The van der Waals surface area contributed by atoms with Gasteiger partial charge in [-0.2, -0.15) is 0 Å². The third-order valence-electron chi connectivity index (χ3n) is 4.86. The Morgan fingerprint density at radius 3 is 2.16 bits per heavy atom. The molecule has 3 aromatic carbocycles. The molecule has 0 spiro atoms. The molecule has 2 aliphatic heterocycles. The number of fused-ring (bicyclic) bond motifs is 2. The molecule has 5 rings (SSSR count). The number of hydrogen-bond acceptors (Lipinski definition) is 6. The zero-order chi connectivity index (χ0) is 21.0. The van der Waals surface area contributed by atoms with E-state index in [0.29, 0.717) is 55.1 Å². The maximum atomic E-state index is 12.9. The number of anilines is 1. The molecule has 0 aromatic heterocycles. The molecule has 3 aromatic rings. The minimum absolute atomic E-state index is 0.122. The molecule has 158 valence electrons. The van der Waals surface area contributed by atoms with E-state index < -0.39 is 0 Å². The second-order valence-corrected chi connectivity index (χ2v) is 8.23. The predicted octanol–water partition coefficient (Wildman–Crippen LogP) is 4.56. The van der Waals surface area contributed by atoms with Gasteiger partial charge in [0.05, 0.1) is 12.1 Å². The third-order valence-corrected chi connectivity index (χ3v) is 5.93. The Morgan fingerprint density at radius 2 is 1.42 bits per heavy atom. The number of carbonyl (C=O) groups is 1. The highest BCUT2D eigenvalue weighted by atomic mass is 32.2.